The van der Waals surface area contributed by atoms with Crippen LogP contribution in [0, 0.1) is 5.92 Å². The third kappa shape index (κ3) is 3.31. The van der Waals surface area contributed by atoms with E-state index < -0.39 is 0 Å². The summed E-state index contributed by atoms with van der Waals surface area (Å²) in [6.45, 7) is 4.21. The summed E-state index contributed by atoms with van der Waals surface area (Å²) in [7, 11) is 1.55. The molecule has 1 aromatic rings. The molecule has 4 nitrogen and oxygen atoms in total. The highest BCUT2D eigenvalue weighted by molar-refractivity contribution is 5.56. The molecule has 1 rings (SSSR count). The SMILES string of the molecule is COc1nc(CC(C)C)ncc1CC=O. The van der Waals surface area contributed by atoms with Crippen LogP contribution in [0.15, 0.2) is 6.20 Å². The number of aldehydes is 1. The van der Waals surface area contributed by atoms with Crippen molar-refractivity contribution in [1.82, 2.24) is 9.97 Å². The number of rotatable bonds is 5. The van der Waals surface area contributed by atoms with Crippen molar-refractivity contribution in [3.8, 4) is 5.88 Å². The Morgan fingerprint density at radius 2 is 2.27 bits per heavy atom. The van der Waals surface area contributed by atoms with Crippen LogP contribution in [0.3, 0.4) is 0 Å². The molecule has 0 radical (unpaired) electrons. The van der Waals surface area contributed by atoms with Crippen LogP contribution in [0.2, 0.25) is 0 Å². The number of hydrogen-bond acceptors (Lipinski definition) is 4. The van der Waals surface area contributed by atoms with Gasteiger partial charge in [-0.05, 0) is 5.92 Å². The van der Waals surface area contributed by atoms with Gasteiger partial charge >= 0.3 is 0 Å². The lowest BCUT2D eigenvalue weighted by Gasteiger charge is -2.08. The molecule has 15 heavy (non-hydrogen) atoms. The van der Waals surface area contributed by atoms with Crippen LogP contribution in [0.1, 0.15) is 25.2 Å². The molecule has 0 saturated carbocycles. The van der Waals surface area contributed by atoms with E-state index >= 15 is 0 Å². The summed E-state index contributed by atoms with van der Waals surface area (Å²) in [5.74, 6) is 1.77. The third-order valence-corrected chi connectivity index (χ3v) is 1.96. The predicted octanol–water partition coefficient (Wildman–Crippen LogP) is 1.43. The van der Waals surface area contributed by atoms with Gasteiger partial charge in [0.1, 0.15) is 12.1 Å². The molecule has 0 fully saturated rings. The zero-order valence-electron chi connectivity index (χ0n) is 9.36. The molecule has 0 aliphatic heterocycles. The lowest BCUT2D eigenvalue weighted by molar-refractivity contribution is -0.107. The topological polar surface area (TPSA) is 52.1 Å². The maximum atomic E-state index is 10.4. The number of aromatic nitrogens is 2. The van der Waals surface area contributed by atoms with Gasteiger partial charge < -0.3 is 9.53 Å². The van der Waals surface area contributed by atoms with E-state index in [2.05, 4.69) is 23.8 Å². The Hall–Kier alpha value is -1.45. The van der Waals surface area contributed by atoms with Crippen LogP contribution in [-0.4, -0.2) is 23.4 Å². The molecule has 0 aliphatic carbocycles. The van der Waals surface area contributed by atoms with Crippen molar-refractivity contribution in [3.05, 3.63) is 17.6 Å². The molecule has 82 valence electrons. The van der Waals surface area contributed by atoms with Crippen molar-refractivity contribution < 1.29 is 9.53 Å². The molecule has 0 bridgehead atoms. The second-order valence-electron chi connectivity index (χ2n) is 3.79. The second kappa shape index (κ2) is 5.44. The largest absolute Gasteiger partial charge is 0.481 e. The van der Waals surface area contributed by atoms with Crippen LogP contribution in [0.25, 0.3) is 0 Å². The molecule has 0 amide bonds. The fourth-order valence-electron chi connectivity index (χ4n) is 1.30. The van der Waals surface area contributed by atoms with E-state index in [4.69, 9.17) is 4.74 Å². The molecule has 0 aromatic carbocycles. The second-order valence-corrected chi connectivity index (χ2v) is 3.79. The Labute approximate surface area is 89.7 Å². The van der Waals surface area contributed by atoms with Crippen molar-refractivity contribution in [1.29, 1.82) is 0 Å². The zero-order chi connectivity index (χ0) is 11.3. The summed E-state index contributed by atoms with van der Waals surface area (Å²) < 4.78 is 5.11. The number of carbonyl (C=O) groups is 1. The standard InChI is InChI=1S/C11H16N2O2/c1-8(2)6-10-12-7-9(4-5-14)11(13-10)15-3/h5,7-8H,4,6H2,1-3H3. The normalized spacial score (nSPS) is 10.4. The number of ether oxygens (including phenoxy) is 1. The molecule has 0 unspecified atom stereocenters. The van der Waals surface area contributed by atoms with Gasteiger partial charge in [-0.2, -0.15) is 4.98 Å². The molecule has 0 atom stereocenters. The number of methoxy groups -OCH3 is 1. The lowest BCUT2D eigenvalue weighted by Crippen LogP contribution is -2.05. The van der Waals surface area contributed by atoms with E-state index in [1.165, 1.54) is 0 Å². The minimum Gasteiger partial charge on any atom is -0.481 e. The van der Waals surface area contributed by atoms with Crippen LogP contribution >= 0.6 is 0 Å². The lowest BCUT2D eigenvalue weighted by atomic mass is 10.1. The Balaban J connectivity index is 2.91. The van der Waals surface area contributed by atoms with Crippen LogP contribution in [0.5, 0.6) is 5.88 Å². The number of carbonyl (C=O) groups excluding carboxylic acids is 1. The fraction of sp³-hybridized carbons (Fsp3) is 0.545. The molecule has 0 saturated heterocycles. The molecule has 0 N–H and O–H groups in total. The van der Waals surface area contributed by atoms with Crippen LogP contribution in [-0.2, 0) is 17.6 Å². The first kappa shape index (κ1) is 11.6. The van der Waals surface area contributed by atoms with Crippen molar-refractivity contribution in [2.45, 2.75) is 26.7 Å². The van der Waals surface area contributed by atoms with Gasteiger partial charge in [-0.1, -0.05) is 13.8 Å². The summed E-state index contributed by atoms with van der Waals surface area (Å²) in [4.78, 5) is 18.8. The highest BCUT2D eigenvalue weighted by Gasteiger charge is 2.08. The summed E-state index contributed by atoms with van der Waals surface area (Å²) in [6, 6.07) is 0. The first-order chi connectivity index (χ1) is 7.17. The van der Waals surface area contributed by atoms with Gasteiger partial charge in [0.05, 0.1) is 7.11 Å². The third-order valence-electron chi connectivity index (χ3n) is 1.96. The summed E-state index contributed by atoms with van der Waals surface area (Å²) in [5, 5.41) is 0. The Morgan fingerprint density at radius 1 is 1.53 bits per heavy atom. The maximum absolute atomic E-state index is 10.4. The minimum absolute atomic E-state index is 0.297. The molecule has 0 aliphatic rings. The molecule has 1 aromatic heterocycles. The van der Waals surface area contributed by atoms with Crippen LogP contribution < -0.4 is 4.74 Å². The maximum Gasteiger partial charge on any atom is 0.220 e. The predicted molar refractivity (Wildman–Crippen MR) is 56.9 cm³/mol. The van der Waals surface area contributed by atoms with E-state index in [9.17, 15) is 4.79 Å². The quantitative estimate of drug-likeness (QED) is 0.687. The molecule has 1 heterocycles. The van der Waals surface area contributed by atoms with E-state index in [1.807, 2.05) is 0 Å². The summed E-state index contributed by atoms with van der Waals surface area (Å²) in [5.41, 5.74) is 0.736. The highest BCUT2D eigenvalue weighted by Crippen LogP contribution is 2.15. The van der Waals surface area contributed by atoms with Gasteiger partial charge in [0.2, 0.25) is 5.88 Å². The summed E-state index contributed by atoms with van der Waals surface area (Å²) >= 11 is 0. The van der Waals surface area contributed by atoms with Crippen molar-refractivity contribution in [2.24, 2.45) is 5.92 Å². The smallest absolute Gasteiger partial charge is 0.220 e. The van der Waals surface area contributed by atoms with E-state index in [1.54, 1.807) is 13.3 Å². The van der Waals surface area contributed by atoms with Crippen molar-refractivity contribution in [3.63, 3.8) is 0 Å². The number of hydrogen-bond donors (Lipinski definition) is 0. The average molecular weight is 208 g/mol. The zero-order valence-corrected chi connectivity index (χ0v) is 9.36. The van der Waals surface area contributed by atoms with Crippen molar-refractivity contribution in [2.75, 3.05) is 7.11 Å². The number of nitrogens with zero attached hydrogens (tertiary/aromatic N) is 2. The molecule has 0 spiro atoms. The summed E-state index contributed by atoms with van der Waals surface area (Å²) in [6.07, 6.45) is 3.60. The van der Waals surface area contributed by atoms with E-state index in [0.717, 1.165) is 24.1 Å². The van der Waals surface area contributed by atoms with Gasteiger partial charge in [0, 0.05) is 24.6 Å². The highest BCUT2D eigenvalue weighted by atomic mass is 16.5. The average Bonchev–Trinajstić information content (AvgIpc) is 2.20. The molecule has 4 heteroatoms. The fourth-order valence-corrected chi connectivity index (χ4v) is 1.30. The Morgan fingerprint density at radius 3 is 2.80 bits per heavy atom. The Bertz CT molecular complexity index is 337. The van der Waals surface area contributed by atoms with Gasteiger partial charge in [0.15, 0.2) is 0 Å². The van der Waals surface area contributed by atoms with Gasteiger partial charge in [-0.25, -0.2) is 4.98 Å². The molecular formula is C11H16N2O2. The van der Waals surface area contributed by atoms with E-state index in [0.29, 0.717) is 18.2 Å². The monoisotopic (exact) mass is 208 g/mol. The molecular weight excluding hydrogens is 192 g/mol. The van der Waals surface area contributed by atoms with Gasteiger partial charge in [0.25, 0.3) is 0 Å². The van der Waals surface area contributed by atoms with E-state index in [-0.39, 0.29) is 0 Å². The Kier molecular flexibility index (Phi) is 4.21. The van der Waals surface area contributed by atoms with Gasteiger partial charge in [-0.3, -0.25) is 0 Å². The first-order valence-corrected chi connectivity index (χ1v) is 4.99. The first-order valence-electron chi connectivity index (χ1n) is 4.99. The van der Waals surface area contributed by atoms with Crippen LogP contribution in [0.4, 0.5) is 0 Å². The van der Waals surface area contributed by atoms with Crippen molar-refractivity contribution >= 4 is 6.29 Å². The minimum atomic E-state index is 0.297. The van der Waals surface area contributed by atoms with Gasteiger partial charge in [-0.15, -0.1) is 0 Å².